The Labute approximate surface area is 104 Å². The van der Waals surface area contributed by atoms with E-state index in [1.54, 1.807) is 7.11 Å². The zero-order valence-corrected chi connectivity index (χ0v) is 11.4. The smallest absolute Gasteiger partial charge is 0.0615 e. The minimum absolute atomic E-state index is 0.425. The Hall–Kier alpha value is -0.870. The predicted molar refractivity (Wildman–Crippen MR) is 70.0 cm³/mol. The summed E-state index contributed by atoms with van der Waals surface area (Å²) in [4.78, 5) is 0. The maximum atomic E-state index is 5.21. The van der Waals surface area contributed by atoms with Crippen LogP contribution in [0.15, 0.2) is 12.4 Å². The van der Waals surface area contributed by atoms with E-state index in [9.17, 15) is 0 Å². The molecule has 1 unspecified atom stereocenters. The van der Waals surface area contributed by atoms with Crippen molar-refractivity contribution in [3.8, 4) is 0 Å². The molecule has 17 heavy (non-hydrogen) atoms. The van der Waals surface area contributed by atoms with Crippen molar-refractivity contribution in [1.29, 1.82) is 0 Å². The van der Waals surface area contributed by atoms with Crippen LogP contribution in [-0.4, -0.2) is 29.5 Å². The summed E-state index contributed by atoms with van der Waals surface area (Å²) in [5.41, 5.74) is 1.23. The van der Waals surface area contributed by atoms with Crippen molar-refractivity contribution in [1.82, 2.24) is 15.1 Å². The van der Waals surface area contributed by atoms with Gasteiger partial charge in [-0.05, 0) is 20.3 Å². The molecule has 0 saturated carbocycles. The lowest BCUT2D eigenvalue weighted by Crippen LogP contribution is -2.32. The molecule has 1 atom stereocenters. The van der Waals surface area contributed by atoms with E-state index in [1.165, 1.54) is 12.0 Å². The largest absolute Gasteiger partial charge is 0.383 e. The zero-order chi connectivity index (χ0) is 12.7. The van der Waals surface area contributed by atoms with E-state index >= 15 is 0 Å². The first-order valence-corrected chi connectivity index (χ1v) is 6.42. The fraction of sp³-hybridized carbons (Fsp3) is 0.769. The van der Waals surface area contributed by atoms with Crippen molar-refractivity contribution >= 4 is 0 Å². The van der Waals surface area contributed by atoms with Gasteiger partial charge < -0.3 is 10.1 Å². The normalized spacial score (nSPS) is 13.2. The lowest BCUT2D eigenvalue weighted by Gasteiger charge is -2.16. The molecule has 0 fully saturated rings. The average Bonchev–Trinajstić information content (AvgIpc) is 2.75. The van der Waals surface area contributed by atoms with E-state index < -0.39 is 0 Å². The number of nitrogens with zero attached hydrogens (tertiary/aromatic N) is 2. The Bertz CT molecular complexity index is 303. The molecule has 0 radical (unpaired) electrons. The van der Waals surface area contributed by atoms with Crippen molar-refractivity contribution < 1.29 is 4.74 Å². The van der Waals surface area contributed by atoms with E-state index in [1.807, 2.05) is 10.9 Å². The molecule has 1 heterocycles. The molecule has 4 nitrogen and oxygen atoms in total. The first kappa shape index (κ1) is 14.2. The standard InChI is InChI=1S/C13H25N3O/c1-5-6-13(10-17-4)14-7-12-8-15-16(9-12)11(2)3/h8-9,11,13-14H,5-7,10H2,1-4H3. The fourth-order valence-electron chi connectivity index (χ4n) is 1.81. The number of ether oxygens (including phenoxy) is 1. The third-order valence-corrected chi connectivity index (χ3v) is 2.78. The molecule has 0 aromatic carbocycles. The summed E-state index contributed by atoms with van der Waals surface area (Å²) in [6.07, 6.45) is 6.36. The molecule has 0 amide bonds. The van der Waals surface area contributed by atoms with Gasteiger partial charge in [-0.2, -0.15) is 5.10 Å². The molecule has 0 aliphatic heterocycles. The predicted octanol–water partition coefficient (Wildman–Crippen LogP) is 2.37. The summed E-state index contributed by atoms with van der Waals surface area (Å²) in [7, 11) is 1.75. The van der Waals surface area contributed by atoms with Gasteiger partial charge in [-0.1, -0.05) is 13.3 Å². The molecular weight excluding hydrogens is 214 g/mol. The second-order valence-electron chi connectivity index (χ2n) is 4.74. The van der Waals surface area contributed by atoms with Gasteiger partial charge in [-0.3, -0.25) is 4.68 Å². The Kier molecular flexibility index (Phi) is 6.22. The third-order valence-electron chi connectivity index (χ3n) is 2.78. The van der Waals surface area contributed by atoms with Gasteiger partial charge in [0.1, 0.15) is 0 Å². The summed E-state index contributed by atoms with van der Waals surface area (Å²) in [5, 5.41) is 7.84. The first-order valence-electron chi connectivity index (χ1n) is 6.42. The minimum Gasteiger partial charge on any atom is -0.383 e. The van der Waals surface area contributed by atoms with Crippen LogP contribution in [0.25, 0.3) is 0 Å². The number of hydrogen-bond donors (Lipinski definition) is 1. The lowest BCUT2D eigenvalue weighted by molar-refractivity contribution is 0.161. The minimum atomic E-state index is 0.425. The number of nitrogens with one attached hydrogen (secondary N) is 1. The Balaban J connectivity index is 2.41. The molecule has 1 N–H and O–H groups in total. The molecule has 98 valence electrons. The van der Waals surface area contributed by atoms with Gasteiger partial charge in [-0.25, -0.2) is 0 Å². The second kappa shape index (κ2) is 7.45. The van der Waals surface area contributed by atoms with E-state index in [4.69, 9.17) is 4.74 Å². The van der Waals surface area contributed by atoms with Crippen LogP contribution in [0, 0.1) is 0 Å². The van der Waals surface area contributed by atoms with Crippen LogP contribution in [0.2, 0.25) is 0 Å². The molecular formula is C13H25N3O. The van der Waals surface area contributed by atoms with Gasteiger partial charge in [0, 0.05) is 37.5 Å². The van der Waals surface area contributed by atoms with Crippen molar-refractivity contribution in [2.45, 2.75) is 52.2 Å². The van der Waals surface area contributed by atoms with Crippen molar-refractivity contribution in [2.24, 2.45) is 0 Å². The molecule has 0 saturated heterocycles. The molecule has 4 heteroatoms. The average molecular weight is 239 g/mol. The van der Waals surface area contributed by atoms with Crippen LogP contribution in [0.3, 0.4) is 0 Å². The van der Waals surface area contributed by atoms with Crippen LogP contribution in [0.4, 0.5) is 0 Å². The van der Waals surface area contributed by atoms with Gasteiger partial charge in [0.15, 0.2) is 0 Å². The summed E-state index contributed by atoms with van der Waals surface area (Å²) >= 11 is 0. The van der Waals surface area contributed by atoms with E-state index in [0.29, 0.717) is 12.1 Å². The number of hydrogen-bond acceptors (Lipinski definition) is 3. The van der Waals surface area contributed by atoms with Gasteiger partial charge >= 0.3 is 0 Å². The molecule has 0 bridgehead atoms. The topological polar surface area (TPSA) is 39.1 Å². The molecule has 1 aromatic rings. The number of methoxy groups -OCH3 is 1. The van der Waals surface area contributed by atoms with Crippen molar-refractivity contribution in [3.05, 3.63) is 18.0 Å². The zero-order valence-electron chi connectivity index (χ0n) is 11.4. The Morgan fingerprint density at radius 1 is 1.47 bits per heavy atom. The van der Waals surface area contributed by atoms with E-state index in [0.717, 1.165) is 19.6 Å². The number of aromatic nitrogens is 2. The van der Waals surface area contributed by atoms with E-state index in [2.05, 4.69) is 37.4 Å². The summed E-state index contributed by atoms with van der Waals surface area (Å²) in [5.74, 6) is 0. The maximum absolute atomic E-state index is 5.21. The van der Waals surface area contributed by atoms with E-state index in [-0.39, 0.29) is 0 Å². The molecule has 0 spiro atoms. The summed E-state index contributed by atoms with van der Waals surface area (Å²) in [6, 6.07) is 0.863. The summed E-state index contributed by atoms with van der Waals surface area (Å²) in [6.45, 7) is 8.10. The monoisotopic (exact) mass is 239 g/mol. The van der Waals surface area contributed by atoms with Crippen LogP contribution >= 0.6 is 0 Å². The van der Waals surface area contributed by atoms with Crippen LogP contribution in [0.5, 0.6) is 0 Å². The highest BCUT2D eigenvalue weighted by atomic mass is 16.5. The highest BCUT2D eigenvalue weighted by Gasteiger charge is 2.07. The Morgan fingerprint density at radius 3 is 2.76 bits per heavy atom. The van der Waals surface area contributed by atoms with Crippen molar-refractivity contribution in [2.75, 3.05) is 13.7 Å². The van der Waals surface area contributed by atoms with Crippen LogP contribution < -0.4 is 5.32 Å². The maximum Gasteiger partial charge on any atom is 0.0615 e. The molecule has 0 aliphatic rings. The van der Waals surface area contributed by atoms with Gasteiger partial charge in [0.25, 0.3) is 0 Å². The highest BCUT2D eigenvalue weighted by Crippen LogP contribution is 2.06. The first-order chi connectivity index (χ1) is 8.17. The van der Waals surface area contributed by atoms with Crippen LogP contribution in [0.1, 0.15) is 45.2 Å². The molecule has 0 aliphatic carbocycles. The van der Waals surface area contributed by atoms with Crippen LogP contribution in [-0.2, 0) is 11.3 Å². The second-order valence-corrected chi connectivity index (χ2v) is 4.74. The summed E-state index contributed by atoms with van der Waals surface area (Å²) < 4.78 is 7.19. The van der Waals surface area contributed by atoms with Gasteiger partial charge in [0.2, 0.25) is 0 Å². The quantitative estimate of drug-likeness (QED) is 0.757. The molecule has 1 rings (SSSR count). The van der Waals surface area contributed by atoms with Gasteiger partial charge in [-0.15, -0.1) is 0 Å². The highest BCUT2D eigenvalue weighted by molar-refractivity contribution is 5.04. The van der Waals surface area contributed by atoms with Gasteiger partial charge in [0.05, 0.1) is 12.8 Å². The fourth-order valence-corrected chi connectivity index (χ4v) is 1.81. The Morgan fingerprint density at radius 2 is 2.24 bits per heavy atom. The van der Waals surface area contributed by atoms with Crippen molar-refractivity contribution in [3.63, 3.8) is 0 Å². The lowest BCUT2D eigenvalue weighted by atomic mass is 10.2. The SMILES string of the molecule is CCCC(COC)NCc1cnn(C(C)C)c1. The number of rotatable bonds is 8. The molecule has 1 aromatic heterocycles. The third kappa shape index (κ3) is 4.88.